The summed E-state index contributed by atoms with van der Waals surface area (Å²) in [4.78, 5) is 48.4. The van der Waals surface area contributed by atoms with Crippen LogP contribution in [0.25, 0.3) is 11.2 Å². The van der Waals surface area contributed by atoms with Crippen molar-refractivity contribution in [2.45, 2.75) is 38.9 Å². The molecule has 12 heteroatoms. The van der Waals surface area contributed by atoms with Crippen molar-refractivity contribution in [3.63, 3.8) is 0 Å². The predicted molar refractivity (Wildman–Crippen MR) is 122 cm³/mol. The Balaban J connectivity index is 1.95. The van der Waals surface area contributed by atoms with Crippen LogP contribution in [0.3, 0.4) is 0 Å². The SMILES string of the molecule is CC#CCn1c(N2CCC[C@H](N)C2)nc2c1c(=O)n(Cc1nc(F)ccc1C(=O)O)c(=O)n2C. The number of nitrogens with two attached hydrogens (primary N) is 1. The molecule has 0 unspecified atom stereocenters. The number of halogens is 1. The Morgan fingerprint density at radius 2 is 2.06 bits per heavy atom. The summed E-state index contributed by atoms with van der Waals surface area (Å²) in [6.07, 6.45) is 1.74. The molecule has 1 aliphatic heterocycles. The number of hydrogen-bond donors (Lipinski definition) is 2. The molecule has 1 fully saturated rings. The fourth-order valence-corrected chi connectivity index (χ4v) is 4.18. The van der Waals surface area contributed by atoms with Gasteiger partial charge in [-0.3, -0.25) is 18.5 Å². The minimum absolute atomic E-state index is 0.0479. The fraction of sp³-hybridized carbons (Fsp3) is 0.409. The standard InChI is InChI=1S/C22H24FN7O4/c1-3-4-10-29-17-18(26-21(29)28-9-5-6-13(24)11-28)27(2)22(34)30(19(17)31)12-15-14(20(32)33)7-8-16(23)25-15/h7-8,13H,5-6,9-12,24H2,1-2H3,(H,32,33)/t13-/m0/s1. The molecule has 0 radical (unpaired) electrons. The first-order valence-corrected chi connectivity index (χ1v) is 10.7. The monoisotopic (exact) mass is 469 g/mol. The summed E-state index contributed by atoms with van der Waals surface area (Å²) in [5.74, 6) is 3.95. The van der Waals surface area contributed by atoms with Crippen LogP contribution in [0.4, 0.5) is 10.3 Å². The summed E-state index contributed by atoms with van der Waals surface area (Å²) < 4.78 is 17.5. The molecule has 1 aliphatic rings. The highest BCUT2D eigenvalue weighted by Crippen LogP contribution is 2.23. The number of fused-ring (bicyclic) bond motifs is 1. The normalized spacial score (nSPS) is 15.9. The van der Waals surface area contributed by atoms with Crippen molar-refractivity contribution >= 4 is 23.1 Å². The third-order valence-electron chi connectivity index (χ3n) is 5.85. The molecule has 0 bridgehead atoms. The first kappa shape index (κ1) is 23.2. The van der Waals surface area contributed by atoms with E-state index in [1.165, 1.54) is 11.6 Å². The summed E-state index contributed by atoms with van der Waals surface area (Å²) in [6.45, 7) is 2.54. The molecule has 1 saturated heterocycles. The maximum Gasteiger partial charge on any atom is 0.337 e. The van der Waals surface area contributed by atoms with Gasteiger partial charge in [0.25, 0.3) is 5.56 Å². The zero-order valence-corrected chi connectivity index (χ0v) is 18.8. The number of anilines is 1. The summed E-state index contributed by atoms with van der Waals surface area (Å²) in [5, 5.41) is 9.43. The average molecular weight is 469 g/mol. The fourth-order valence-electron chi connectivity index (χ4n) is 4.18. The molecule has 34 heavy (non-hydrogen) atoms. The van der Waals surface area contributed by atoms with Crippen LogP contribution in [0, 0.1) is 17.8 Å². The van der Waals surface area contributed by atoms with Gasteiger partial charge in [-0.1, -0.05) is 5.92 Å². The molecule has 3 aromatic heterocycles. The number of carboxylic acid groups (broad SMARTS) is 1. The van der Waals surface area contributed by atoms with Crippen molar-refractivity contribution in [2.24, 2.45) is 12.8 Å². The van der Waals surface area contributed by atoms with Gasteiger partial charge in [0, 0.05) is 26.2 Å². The average Bonchev–Trinajstić information content (AvgIpc) is 3.18. The van der Waals surface area contributed by atoms with Gasteiger partial charge in [0.1, 0.15) is 0 Å². The lowest BCUT2D eigenvalue weighted by molar-refractivity contribution is 0.0694. The lowest BCUT2D eigenvalue weighted by Crippen LogP contribution is -2.44. The summed E-state index contributed by atoms with van der Waals surface area (Å²) in [6, 6.07) is 1.91. The second kappa shape index (κ2) is 9.11. The minimum Gasteiger partial charge on any atom is -0.478 e. The summed E-state index contributed by atoms with van der Waals surface area (Å²) >= 11 is 0. The van der Waals surface area contributed by atoms with Gasteiger partial charge >= 0.3 is 11.7 Å². The summed E-state index contributed by atoms with van der Waals surface area (Å²) in [5.41, 5.74) is 4.47. The zero-order chi connectivity index (χ0) is 24.6. The molecular weight excluding hydrogens is 445 g/mol. The van der Waals surface area contributed by atoms with Crippen molar-refractivity contribution in [2.75, 3.05) is 18.0 Å². The Kier molecular flexibility index (Phi) is 6.21. The van der Waals surface area contributed by atoms with E-state index in [0.717, 1.165) is 29.5 Å². The topological polar surface area (TPSA) is 141 Å². The Hall–Kier alpha value is -3.98. The van der Waals surface area contributed by atoms with E-state index < -0.39 is 29.7 Å². The Morgan fingerprint density at radius 3 is 2.74 bits per heavy atom. The molecule has 0 aromatic carbocycles. The number of carboxylic acids is 1. The van der Waals surface area contributed by atoms with E-state index in [2.05, 4.69) is 21.8 Å². The van der Waals surface area contributed by atoms with Crippen LogP contribution in [0.5, 0.6) is 0 Å². The second-order valence-corrected chi connectivity index (χ2v) is 8.11. The van der Waals surface area contributed by atoms with Gasteiger partial charge in [-0.05, 0) is 31.9 Å². The van der Waals surface area contributed by atoms with E-state index in [4.69, 9.17) is 5.73 Å². The number of nitrogens with zero attached hydrogens (tertiary/aromatic N) is 6. The van der Waals surface area contributed by atoms with Gasteiger partial charge in [-0.25, -0.2) is 14.6 Å². The van der Waals surface area contributed by atoms with E-state index >= 15 is 0 Å². The number of piperidine rings is 1. The molecule has 11 nitrogen and oxygen atoms in total. The molecule has 0 spiro atoms. The number of imidazole rings is 1. The molecule has 4 heterocycles. The second-order valence-electron chi connectivity index (χ2n) is 8.11. The number of aromatic carboxylic acids is 1. The van der Waals surface area contributed by atoms with E-state index in [-0.39, 0.29) is 35.0 Å². The van der Waals surface area contributed by atoms with Gasteiger partial charge in [0.05, 0.1) is 24.3 Å². The van der Waals surface area contributed by atoms with Crippen molar-refractivity contribution < 1.29 is 14.3 Å². The number of rotatable bonds is 5. The highest BCUT2D eigenvalue weighted by atomic mass is 19.1. The molecule has 4 rings (SSSR count). The van der Waals surface area contributed by atoms with Crippen LogP contribution in [0.1, 0.15) is 35.8 Å². The zero-order valence-electron chi connectivity index (χ0n) is 18.8. The first-order chi connectivity index (χ1) is 16.2. The van der Waals surface area contributed by atoms with Crippen molar-refractivity contribution in [1.29, 1.82) is 0 Å². The number of aromatic nitrogens is 5. The maximum atomic E-state index is 13.8. The van der Waals surface area contributed by atoms with Gasteiger partial charge in [0.15, 0.2) is 11.2 Å². The van der Waals surface area contributed by atoms with Gasteiger partial charge < -0.3 is 15.7 Å². The smallest absolute Gasteiger partial charge is 0.337 e. The van der Waals surface area contributed by atoms with Gasteiger partial charge in [-0.15, -0.1) is 5.92 Å². The first-order valence-electron chi connectivity index (χ1n) is 10.7. The Labute approximate surface area is 193 Å². The molecular formula is C22H24FN7O4. The van der Waals surface area contributed by atoms with E-state index in [1.807, 2.05) is 4.90 Å². The quantitative estimate of drug-likeness (QED) is 0.397. The van der Waals surface area contributed by atoms with E-state index in [9.17, 15) is 23.9 Å². The molecule has 1 atom stereocenters. The number of aryl methyl sites for hydroxylation is 1. The third kappa shape index (κ3) is 4.06. The number of hydrogen-bond acceptors (Lipinski definition) is 7. The molecule has 3 N–H and O–H groups in total. The highest BCUT2D eigenvalue weighted by molar-refractivity contribution is 5.88. The highest BCUT2D eigenvalue weighted by Gasteiger charge is 2.26. The van der Waals surface area contributed by atoms with Crippen LogP contribution in [-0.2, 0) is 20.1 Å². The van der Waals surface area contributed by atoms with Crippen LogP contribution < -0.4 is 21.9 Å². The van der Waals surface area contributed by atoms with Gasteiger partial charge in [0.2, 0.25) is 11.9 Å². The van der Waals surface area contributed by atoms with Crippen LogP contribution >= 0.6 is 0 Å². The molecule has 0 amide bonds. The van der Waals surface area contributed by atoms with Crippen molar-refractivity contribution in [1.82, 2.24) is 23.7 Å². The molecule has 0 aliphatic carbocycles. The molecule has 0 saturated carbocycles. The largest absolute Gasteiger partial charge is 0.478 e. The predicted octanol–water partition coefficient (Wildman–Crippen LogP) is 0.128. The Morgan fingerprint density at radius 1 is 1.29 bits per heavy atom. The van der Waals surface area contributed by atoms with Crippen LogP contribution in [-0.4, -0.2) is 53.9 Å². The van der Waals surface area contributed by atoms with Crippen LogP contribution in [0.15, 0.2) is 21.7 Å². The lowest BCUT2D eigenvalue weighted by Gasteiger charge is -2.31. The van der Waals surface area contributed by atoms with E-state index in [1.54, 1.807) is 11.5 Å². The van der Waals surface area contributed by atoms with E-state index in [0.29, 0.717) is 19.0 Å². The Bertz CT molecular complexity index is 1460. The van der Waals surface area contributed by atoms with Crippen LogP contribution in [0.2, 0.25) is 0 Å². The van der Waals surface area contributed by atoms with Gasteiger partial charge in [-0.2, -0.15) is 9.37 Å². The number of pyridine rings is 1. The maximum absolute atomic E-state index is 13.8. The number of carbonyl (C=O) groups is 1. The third-order valence-corrected chi connectivity index (χ3v) is 5.85. The molecule has 178 valence electrons. The van der Waals surface area contributed by atoms with Crippen molar-refractivity contribution in [3.8, 4) is 11.8 Å². The minimum atomic E-state index is -1.35. The summed E-state index contributed by atoms with van der Waals surface area (Å²) in [7, 11) is 1.46. The van der Waals surface area contributed by atoms with Crippen molar-refractivity contribution in [3.05, 3.63) is 50.2 Å². The lowest BCUT2D eigenvalue weighted by atomic mass is 10.1. The molecule has 3 aromatic rings.